The van der Waals surface area contributed by atoms with Crippen LogP contribution in [0.4, 0.5) is 0 Å². The molecule has 0 bridgehead atoms. The van der Waals surface area contributed by atoms with Crippen LogP contribution in [0.15, 0.2) is 30.3 Å². The molecule has 1 aromatic rings. The van der Waals surface area contributed by atoms with Crippen LogP contribution in [0, 0.1) is 12.8 Å². The lowest BCUT2D eigenvalue weighted by Crippen LogP contribution is -2.17. The molecule has 74 valence electrons. The van der Waals surface area contributed by atoms with Crippen molar-refractivity contribution >= 4 is 5.91 Å². The summed E-state index contributed by atoms with van der Waals surface area (Å²) in [5.74, 6) is 0.0962. The van der Waals surface area contributed by atoms with Crippen molar-refractivity contribution in [1.29, 1.82) is 0 Å². The first-order chi connectivity index (χ1) is 6.83. The second-order valence-electron chi connectivity index (χ2n) is 2.66. The molecule has 0 aromatic heterocycles. The third-order valence-electron chi connectivity index (χ3n) is 1.76. The molecule has 2 heteroatoms. The van der Waals surface area contributed by atoms with Crippen LogP contribution in [-0.2, 0) is 11.2 Å². The van der Waals surface area contributed by atoms with E-state index in [1.54, 1.807) is 7.05 Å². The number of terminal acetylenes is 1. The van der Waals surface area contributed by atoms with Gasteiger partial charge in [-0.2, -0.15) is 0 Å². The van der Waals surface area contributed by atoms with Gasteiger partial charge in [-0.1, -0.05) is 30.3 Å². The summed E-state index contributed by atoms with van der Waals surface area (Å²) in [7, 11) is 1.66. The van der Waals surface area contributed by atoms with E-state index >= 15 is 0 Å². The van der Waals surface area contributed by atoms with E-state index in [9.17, 15) is 4.79 Å². The SMILES string of the molecule is C#C.CNC(=O)CCc1ccccc1. The van der Waals surface area contributed by atoms with Gasteiger partial charge in [0, 0.05) is 13.5 Å². The molecule has 0 spiro atoms. The van der Waals surface area contributed by atoms with Crippen LogP contribution < -0.4 is 5.32 Å². The normalized spacial score (nSPS) is 8.21. The number of benzene rings is 1. The van der Waals surface area contributed by atoms with Crippen molar-refractivity contribution in [1.82, 2.24) is 5.32 Å². The molecule has 1 rings (SSSR count). The smallest absolute Gasteiger partial charge is 0.220 e. The van der Waals surface area contributed by atoms with Gasteiger partial charge in [0.1, 0.15) is 0 Å². The first kappa shape index (κ1) is 12.2. The summed E-state index contributed by atoms with van der Waals surface area (Å²) in [6, 6.07) is 10.0. The summed E-state index contributed by atoms with van der Waals surface area (Å²) in [6.45, 7) is 0. The van der Waals surface area contributed by atoms with Crippen LogP contribution in [0.5, 0.6) is 0 Å². The highest BCUT2D eigenvalue weighted by Crippen LogP contribution is 2.01. The molecular weight excluding hydrogens is 174 g/mol. The zero-order valence-electron chi connectivity index (χ0n) is 8.36. The maximum absolute atomic E-state index is 10.9. The van der Waals surface area contributed by atoms with E-state index in [-0.39, 0.29) is 5.91 Å². The summed E-state index contributed by atoms with van der Waals surface area (Å²) in [5.41, 5.74) is 1.21. The molecular formula is C12H15NO. The Kier molecular flexibility index (Phi) is 6.89. The number of nitrogens with one attached hydrogen (secondary N) is 1. The molecule has 2 nitrogen and oxygen atoms in total. The lowest BCUT2D eigenvalue weighted by molar-refractivity contribution is -0.120. The molecule has 14 heavy (non-hydrogen) atoms. The van der Waals surface area contributed by atoms with Gasteiger partial charge >= 0.3 is 0 Å². The van der Waals surface area contributed by atoms with Crippen molar-refractivity contribution < 1.29 is 4.79 Å². The van der Waals surface area contributed by atoms with Crippen LogP contribution in [-0.4, -0.2) is 13.0 Å². The Hall–Kier alpha value is -1.75. The molecule has 0 heterocycles. The Balaban J connectivity index is 0.000000791. The maximum atomic E-state index is 10.9. The van der Waals surface area contributed by atoms with E-state index in [1.165, 1.54) is 5.56 Å². The van der Waals surface area contributed by atoms with Crippen LogP contribution in [0.1, 0.15) is 12.0 Å². The zero-order valence-corrected chi connectivity index (χ0v) is 8.36. The molecule has 0 fully saturated rings. The van der Waals surface area contributed by atoms with Gasteiger partial charge < -0.3 is 5.32 Å². The van der Waals surface area contributed by atoms with Gasteiger partial charge in [0.25, 0.3) is 0 Å². The highest BCUT2D eigenvalue weighted by molar-refractivity contribution is 5.75. The minimum Gasteiger partial charge on any atom is -0.359 e. The quantitative estimate of drug-likeness (QED) is 0.719. The second kappa shape index (κ2) is 7.88. The van der Waals surface area contributed by atoms with Gasteiger partial charge in [-0.25, -0.2) is 0 Å². The molecule has 1 aromatic carbocycles. The standard InChI is InChI=1S/C10H13NO.C2H2/c1-11-10(12)8-7-9-5-3-2-4-6-9;1-2/h2-6H,7-8H2,1H3,(H,11,12);1-2H. The topological polar surface area (TPSA) is 29.1 Å². The molecule has 0 unspecified atom stereocenters. The third-order valence-corrected chi connectivity index (χ3v) is 1.76. The zero-order chi connectivity index (χ0) is 10.8. The Morgan fingerprint density at radius 1 is 1.29 bits per heavy atom. The summed E-state index contributed by atoms with van der Waals surface area (Å²) < 4.78 is 0. The van der Waals surface area contributed by atoms with Crippen molar-refractivity contribution in [3.05, 3.63) is 35.9 Å². The van der Waals surface area contributed by atoms with Gasteiger partial charge in [0.2, 0.25) is 5.91 Å². The van der Waals surface area contributed by atoms with E-state index < -0.39 is 0 Å². The van der Waals surface area contributed by atoms with Crippen molar-refractivity contribution in [3.63, 3.8) is 0 Å². The number of aryl methyl sites for hydroxylation is 1. The first-order valence-electron chi connectivity index (χ1n) is 4.41. The fourth-order valence-electron chi connectivity index (χ4n) is 1.03. The average molecular weight is 189 g/mol. The number of hydrogen-bond acceptors (Lipinski definition) is 1. The number of carbonyl (C=O) groups excluding carboxylic acids is 1. The summed E-state index contributed by atoms with van der Waals surface area (Å²) in [5, 5.41) is 2.60. The van der Waals surface area contributed by atoms with E-state index in [1.807, 2.05) is 30.3 Å². The van der Waals surface area contributed by atoms with Gasteiger partial charge in [0.15, 0.2) is 0 Å². The summed E-state index contributed by atoms with van der Waals surface area (Å²) >= 11 is 0. The Morgan fingerprint density at radius 3 is 2.36 bits per heavy atom. The Labute approximate surface area is 85.3 Å². The van der Waals surface area contributed by atoms with E-state index in [0.29, 0.717) is 6.42 Å². The summed E-state index contributed by atoms with van der Waals surface area (Å²) in [6.07, 6.45) is 9.39. The monoisotopic (exact) mass is 189 g/mol. The molecule has 0 aliphatic rings. The molecule has 0 aliphatic heterocycles. The number of rotatable bonds is 3. The van der Waals surface area contributed by atoms with Gasteiger partial charge in [-0.15, -0.1) is 12.8 Å². The van der Waals surface area contributed by atoms with Crippen molar-refractivity contribution in [2.75, 3.05) is 7.05 Å². The lowest BCUT2D eigenvalue weighted by Gasteiger charge is -1.99. The van der Waals surface area contributed by atoms with Crippen LogP contribution in [0.2, 0.25) is 0 Å². The van der Waals surface area contributed by atoms with E-state index in [2.05, 4.69) is 18.2 Å². The van der Waals surface area contributed by atoms with Crippen molar-refractivity contribution in [2.45, 2.75) is 12.8 Å². The number of carbonyl (C=O) groups is 1. The largest absolute Gasteiger partial charge is 0.359 e. The third kappa shape index (κ3) is 5.00. The fourth-order valence-corrected chi connectivity index (χ4v) is 1.03. The predicted molar refractivity (Wildman–Crippen MR) is 58.7 cm³/mol. The van der Waals surface area contributed by atoms with Crippen LogP contribution in [0.3, 0.4) is 0 Å². The molecule has 0 aliphatic carbocycles. The highest BCUT2D eigenvalue weighted by atomic mass is 16.1. The molecule has 0 radical (unpaired) electrons. The maximum Gasteiger partial charge on any atom is 0.220 e. The number of hydrogen-bond donors (Lipinski definition) is 1. The molecule has 1 N–H and O–H groups in total. The van der Waals surface area contributed by atoms with Crippen molar-refractivity contribution in [3.8, 4) is 12.8 Å². The predicted octanol–water partition coefficient (Wildman–Crippen LogP) is 1.61. The lowest BCUT2D eigenvalue weighted by atomic mass is 10.1. The molecule has 0 saturated heterocycles. The second-order valence-corrected chi connectivity index (χ2v) is 2.66. The van der Waals surface area contributed by atoms with Crippen LogP contribution >= 0.6 is 0 Å². The van der Waals surface area contributed by atoms with E-state index in [4.69, 9.17) is 0 Å². The minimum atomic E-state index is 0.0962. The van der Waals surface area contributed by atoms with Gasteiger partial charge in [-0.3, -0.25) is 4.79 Å². The van der Waals surface area contributed by atoms with Gasteiger partial charge in [-0.05, 0) is 12.0 Å². The Bertz CT molecular complexity index is 277. The highest BCUT2D eigenvalue weighted by Gasteiger charge is 1.97. The number of amides is 1. The molecule has 0 atom stereocenters. The van der Waals surface area contributed by atoms with Gasteiger partial charge in [0.05, 0.1) is 0 Å². The summed E-state index contributed by atoms with van der Waals surface area (Å²) in [4.78, 5) is 10.9. The molecule has 1 amide bonds. The molecule has 0 saturated carbocycles. The van der Waals surface area contributed by atoms with Crippen LogP contribution in [0.25, 0.3) is 0 Å². The van der Waals surface area contributed by atoms with Crippen molar-refractivity contribution in [2.24, 2.45) is 0 Å². The first-order valence-corrected chi connectivity index (χ1v) is 4.41. The Morgan fingerprint density at radius 2 is 1.86 bits per heavy atom. The minimum absolute atomic E-state index is 0.0962. The average Bonchev–Trinajstić information content (AvgIpc) is 2.30. The van der Waals surface area contributed by atoms with E-state index in [0.717, 1.165) is 6.42 Å². The fraction of sp³-hybridized carbons (Fsp3) is 0.250.